The molecule has 0 amide bonds. The van der Waals surface area contributed by atoms with Crippen LogP contribution in [-0.4, -0.2) is 32.2 Å². The second-order valence-electron chi connectivity index (χ2n) is 3.57. The average molecular weight is 255 g/mol. The monoisotopic (exact) mass is 255 g/mol. The molecule has 1 rings (SSSR count). The number of hydrogen-bond acceptors (Lipinski definition) is 5. The van der Waals surface area contributed by atoms with Gasteiger partial charge >= 0.3 is 11.9 Å². The summed E-state index contributed by atoms with van der Waals surface area (Å²) in [6.07, 6.45) is 0. The van der Waals surface area contributed by atoms with E-state index in [-0.39, 0.29) is 5.56 Å². The SMILES string of the molecule is COC(=O)c1cc(F)ccc1NC(C)C(=O)OC. The van der Waals surface area contributed by atoms with Crippen molar-refractivity contribution in [2.45, 2.75) is 13.0 Å². The molecule has 0 saturated heterocycles. The summed E-state index contributed by atoms with van der Waals surface area (Å²) in [4.78, 5) is 22.7. The van der Waals surface area contributed by atoms with Crippen LogP contribution in [0, 0.1) is 5.82 Å². The number of carbonyl (C=O) groups is 2. The number of benzene rings is 1. The maximum atomic E-state index is 13.1. The standard InChI is InChI=1S/C12H14FNO4/c1-7(11(15)17-2)14-10-5-4-8(13)6-9(10)12(16)18-3/h4-7,14H,1-3H3. The molecule has 0 aliphatic carbocycles. The van der Waals surface area contributed by atoms with E-state index in [0.717, 1.165) is 6.07 Å². The summed E-state index contributed by atoms with van der Waals surface area (Å²) >= 11 is 0. The molecule has 0 aliphatic rings. The number of carbonyl (C=O) groups excluding carboxylic acids is 2. The third kappa shape index (κ3) is 3.19. The second-order valence-corrected chi connectivity index (χ2v) is 3.57. The Morgan fingerprint density at radius 2 is 1.94 bits per heavy atom. The highest BCUT2D eigenvalue weighted by Crippen LogP contribution is 2.19. The van der Waals surface area contributed by atoms with Gasteiger partial charge in [0.15, 0.2) is 0 Å². The number of ether oxygens (including phenoxy) is 2. The highest BCUT2D eigenvalue weighted by atomic mass is 19.1. The lowest BCUT2D eigenvalue weighted by Crippen LogP contribution is -2.28. The van der Waals surface area contributed by atoms with Crippen LogP contribution >= 0.6 is 0 Å². The van der Waals surface area contributed by atoms with Crippen LogP contribution in [0.2, 0.25) is 0 Å². The van der Waals surface area contributed by atoms with E-state index in [2.05, 4.69) is 14.8 Å². The first-order valence-corrected chi connectivity index (χ1v) is 5.21. The quantitative estimate of drug-likeness (QED) is 0.827. The minimum atomic E-state index is -0.686. The van der Waals surface area contributed by atoms with Gasteiger partial charge in [-0.15, -0.1) is 0 Å². The number of hydrogen-bond donors (Lipinski definition) is 1. The van der Waals surface area contributed by atoms with Crippen molar-refractivity contribution in [2.24, 2.45) is 0 Å². The maximum absolute atomic E-state index is 13.1. The van der Waals surface area contributed by atoms with Gasteiger partial charge in [0, 0.05) is 5.69 Å². The fourth-order valence-corrected chi connectivity index (χ4v) is 1.39. The van der Waals surface area contributed by atoms with Crippen molar-refractivity contribution in [1.29, 1.82) is 0 Å². The minimum Gasteiger partial charge on any atom is -0.467 e. The molecule has 0 bridgehead atoms. The zero-order valence-corrected chi connectivity index (χ0v) is 10.3. The highest BCUT2D eigenvalue weighted by molar-refractivity contribution is 5.96. The lowest BCUT2D eigenvalue weighted by molar-refractivity contribution is -0.141. The average Bonchev–Trinajstić information content (AvgIpc) is 2.38. The first-order chi connectivity index (χ1) is 8.49. The maximum Gasteiger partial charge on any atom is 0.340 e. The van der Waals surface area contributed by atoms with Crippen molar-refractivity contribution in [3.05, 3.63) is 29.6 Å². The molecule has 5 nitrogen and oxygen atoms in total. The molecule has 1 atom stereocenters. The van der Waals surface area contributed by atoms with E-state index in [1.807, 2.05) is 0 Å². The predicted octanol–water partition coefficient (Wildman–Crippen LogP) is 1.59. The summed E-state index contributed by atoms with van der Waals surface area (Å²) in [5.74, 6) is -1.74. The molecule has 1 aromatic rings. The van der Waals surface area contributed by atoms with Gasteiger partial charge in [0.2, 0.25) is 0 Å². The van der Waals surface area contributed by atoms with Crippen LogP contribution in [0.25, 0.3) is 0 Å². The Kier molecular flexibility index (Phi) is 4.65. The van der Waals surface area contributed by atoms with Gasteiger partial charge in [-0.05, 0) is 25.1 Å². The van der Waals surface area contributed by atoms with Gasteiger partial charge in [-0.25, -0.2) is 14.0 Å². The number of halogens is 1. The largest absolute Gasteiger partial charge is 0.467 e. The van der Waals surface area contributed by atoms with E-state index in [4.69, 9.17) is 0 Å². The molecule has 18 heavy (non-hydrogen) atoms. The summed E-state index contributed by atoms with van der Waals surface area (Å²) in [7, 11) is 2.45. The van der Waals surface area contributed by atoms with E-state index < -0.39 is 23.8 Å². The summed E-state index contributed by atoms with van der Waals surface area (Å²) < 4.78 is 22.2. The first-order valence-electron chi connectivity index (χ1n) is 5.21. The second kappa shape index (κ2) is 6.00. The van der Waals surface area contributed by atoms with Crippen LogP contribution in [0.15, 0.2) is 18.2 Å². The van der Waals surface area contributed by atoms with Crippen LogP contribution < -0.4 is 5.32 Å². The topological polar surface area (TPSA) is 64.6 Å². The molecule has 0 heterocycles. The van der Waals surface area contributed by atoms with E-state index in [0.29, 0.717) is 5.69 Å². The normalized spacial score (nSPS) is 11.6. The van der Waals surface area contributed by atoms with Gasteiger partial charge in [0.05, 0.1) is 19.8 Å². The highest BCUT2D eigenvalue weighted by Gasteiger charge is 2.18. The molecule has 0 fully saturated rings. The van der Waals surface area contributed by atoms with Crippen LogP contribution in [0.4, 0.5) is 10.1 Å². The van der Waals surface area contributed by atoms with Crippen molar-refractivity contribution in [1.82, 2.24) is 0 Å². The Morgan fingerprint density at radius 1 is 1.28 bits per heavy atom. The molecule has 6 heteroatoms. The van der Waals surface area contributed by atoms with E-state index >= 15 is 0 Å². The van der Waals surface area contributed by atoms with Gasteiger partial charge in [-0.2, -0.15) is 0 Å². The van der Waals surface area contributed by atoms with Gasteiger partial charge in [-0.3, -0.25) is 0 Å². The van der Waals surface area contributed by atoms with Crippen molar-refractivity contribution >= 4 is 17.6 Å². The lowest BCUT2D eigenvalue weighted by atomic mass is 10.1. The van der Waals surface area contributed by atoms with E-state index in [1.54, 1.807) is 6.92 Å². The fraction of sp³-hybridized carbons (Fsp3) is 0.333. The molecule has 0 aromatic heterocycles. The van der Waals surface area contributed by atoms with Crippen molar-refractivity contribution in [3.63, 3.8) is 0 Å². The van der Waals surface area contributed by atoms with E-state index in [9.17, 15) is 14.0 Å². The zero-order valence-electron chi connectivity index (χ0n) is 10.3. The molecule has 0 saturated carbocycles. The molecule has 1 aromatic carbocycles. The van der Waals surface area contributed by atoms with Crippen molar-refractivity contribution in [3.8, 4) is 0 Å². The number of rotatable bonds is 4. The van der Waals surface area contributed by atoms with Crippen LogP contribution in [0.1, 0.15) is 17.3 Å². The molecule has 98 valence electrons. The molecular weight excluding hydrogens is 241 g/mol. The lowest BCUT2D eigenvalue weighted by Gasteiger charge is -2.15. The Labute approximate surface area is 104 Å². The zero-order chi connectivity index (χ0) is 13.7. The molecule has 1 N–H and O–H groups in total. The third-order valence-electron chi connectivity index (χ3n) is 2.31. The van der Waals surface area contributed by atoms with Gasteiger partial charge < -0.3 is 14.8 Å². The van der Waals surface area contributed by atoms with Crippen molar-refractivity contribution in [2.75, 3.05) is 19.5 Å². The molecule has 0 aliphatic heterocycles. The summed E-state index contributed by atoms with van der Waals surface area (Å²) in [5, 5.41) is 2.76. The summed E-state index contributed by atoms with van der Waals surface area (Å²) in [5.41, 5.74) is 0.328. The number of nitrogens with one attached hydrogen (secondary N) is 1. The van der Waals surface area contributed by atoms with Gasteiger partial charge in [0.25, 0.3) is 0 Å². The summed E-state index contributed by atoms with van der Waals surface area (Å²) in [6, 6.07) is 2.92. The first kappa shape index (κ1) is 14.0. The van der Waals surface area contributed by atoms with Crippen LogP contribution in [0.5, 0.6) is 0 Å². The van der Waals surface area contributed by atoms with Crippen LogP contribution in [0.3, 0.4) is 0 Å². The smallest absolute Gasteiger partial charge is 0.340 e. The summed E-state index contributed by atoms with van der Waals surface area (Å²) in [6.45, 7) is 1.57. The minimum absolute atomic E-state index is 0.0215. The Balaban J connectivity index is 3.01. The van der Waals surface area contributed by atoms with E-state index in [1.165, 1.54) is 26.4 Å². The molecule has 0 radical (unpaired) electrons. The molecule has 0 spiro atoms. The third-order valence-corrected chi connectivity index (χ3v) is 2.31. The fourth-order valence-electron chi connectivity index (χ4n) is 1.39. The van der Waals surface area contributed by atoms with Gasteiger partial charge in [-0.1, -0.05) is 0 Å². The molecular formula is C12H14FNO4. The number of methoxy groups -OCH3 is 2. The van der Waals surface area contributed by atoms with Crippen molar-refractivity contribution < 1.29 is 23.5 Å². The molecule has 1 unspecified atom stereocenters. The van der Waals surface area contributed by atoms with Crippen LogP contribution in [-0.2, 0) is 14.3 Å². The number of anilines is 1. The predicted molar refractivity (Wildman–Crippen MR) is 62.8 cm³/mol. The Bertz CT molecular complexity index is 461. The Morgan fingerprint density at radius 3 is 2.50 bits per heavy atom. The number of esters is 2. The van der Waals surface area contributed by atoms with Gasteiger partial charge in [0.1, 0.15) is 11.9 Å². The Hall–Kier alpha value is -2.11.